The van der Waals surface area contributed by atoms with Crippen LogP contribution in [0.1, 0.15) is 121 Å². The molecule has 3 N–H and O–H groups in total. The van der Waals surface area contributed by atoms with Crippen LogP contribution in [0.25, 0.3) is 11.1 Å². The Hall–Kier alpha value is -4.15. The molecule has 5 aromatic carbocycles. The summed E-state index contributed by atoms with van der Waals surface area (Å²) in [5.74, 6) is 1.86. The van der Waals surface area contributed by atoms with Crippen molar-refractivity contribution >= 4 is 70.7 Å². The molecule has 15 heteroatoms. The van der Waals surface area contributed by atoms with E-state index in [2.05, 4.69) is 98.3 Å². The van der Waals surface area contributed by atoms with Gasteiger partial charge in [0.05, 0.1) is 7.11 Å². The Kier molecular flexibility index (Phi) is 31.5. The number of piperidine rings is 3. The van der Waals surface area contributed by atoms with Crippen LogP contribution in [0.4, 0.5) is 24.5 Å². The smallest absolute Gasteiger partial charge is 0.446 e. The summed E-state index contributed by atoms with van der Waals surface area (Å²) >= 11 is 9.08. The van der Waals surface area contributed by atoms with Gasteiger partial charge in [0, 0.05) is 56.2 Å². The SMILES string of the molecule is CC.CC.CNSc1ccc(N)c(SC(F)(F)F)c1.COC(=O)CCCCCN1CCC2(CC1)CCN(CCCCSc1ccccc1)CC2.O=Cc1ccc(N2CCC(Cc3ccccc3-c3ccc(Cl)cc3)CC2)cc1. The van der Waals surface area contributed by atoms with Crippen LogP contribution in [-0.2, 0) is 16.0 Å². The molecule has 428 valence electrons. The third kappa shape index (κ3) is 24.3. The highest BCUT2D eigenvalue weighted by molar-refractivity contribution is 8.00. The average Bonchev–Trinajstić information content (AvgIpc) is 3.47. The lowest BCUT2D eigenvalue weighted by atomic mass is 9.71. The van der Waals surface area contributed by atoms with Gasteiger partial charge < -0.3 is 25.2 Å². The number of rotatable bonds is 20. The zero-order valence-corrected chi connectivity index (χ0v) is 50.3. The number of nitrogens with one attached hydrogen (secondary N) is 1. The van der Waals surface area contributed by atoms with Gasteiger partial charge in [-0.15, -0.1) is 11.8 Å². The molecule has 0 aliphatic carbocycles. The van der Waals surface area contributed by atoms with E-state index in [1.54, 1.807) is 13.1 Å². The number of carbonyl (C=O) groups is 2. The summed E-state index contributed by atoms with van der Waals surface area (Å²) in [4.78, 5) is 31.9. The fraction of sp³-hybridized carbons (Fsp3) is 0.492. The molecule has 78 heavy (non-hydrogen) atoms. The van der Waals surface area contributed by atoms with E-state index in [1.807, 2.05) is 63.7 Å². The third-order valence-corrected chi connectivity index (χ3v) is 17.3. The highest BCUT2D eigenvalue weighted by atomic mass is 35.5. The molecule has 3 heterocycles. The fourth-order valence-electron chi connectivity index (χ4n) is 10.0. The largest absolute Gasteiger partial charge is 0.469 e. The van der Waals surface area contributed by atoms with Crippen molar-refractivity contribution in [2.75, 3.05) is 82.9 Å². The number of nitrogen functional groups attached to an aromatic ring is 1. The maximum atomic E-state index is 12.1. The number of ether oxygens (including phenoxy) is 1. The van der Waals surface area contributed by atoms with Crippen LogP contribution in [0, 0.1) is 11.3 Å². The zero-order valence-electron chi connectivity index (χ0n) is 47.1. The van der Waals surface area contributed by atoms with Crippen LogP contribution in [0.3, 0.4) is 0 Å². The van der Waals surface area contributed by atoms with Crippen LogP contribution < -0.4 is 15.4 Å². The van der Waals surface area contributed by atoms with Crippen molar-refractivity contribution in [3.8, 4) is 11.1 Å². The number of benzene rings is 5. The standard InChI is InChI=1S/C26H42N2O2S.C25H24ClNO.C8H9F3N2S2.2C2H6/c1-30-25(29)12-6-3-7-17-27-19-13-26(14-20-27)15-21-28(22-16-26)18-8-9-23-31-24-10-4-2-5-11-24;26-23-9-7-21(8-10-23)25-4-2-1-3-22(25)17-19-13-15-27(16-14-19)24-11-5-20(18-28)6-12-24;1-13-15-5-2-3-6(12)7(4-5)14-8(9,10)11;2*1-2/h2,4-5,10-11H,3,6-9,12-23H2,1H3;1-12,18-19H,13-17H2;2-4,13H,12H2,1H3;2*1-2H3. The van der Waals surface area contributed by atoms with Crippen molar-refractivity contribution < 1.29 is 27.5 Å². The van der Waals surface area contributed by atoms with Gasteiger partial charge in [-0.1, -0.05) is 100 Å². The molecule has 0 amide bonds. The quantitative estimate of drug-likeness (QED) is 0.0195. The first-order valence-corrected chi connectivity index (χ1v) is 31.2. The molecule has 0 saturated carbocycles. The van der Waals surface area contributed by atoms with E-state index in [-0.39, 0.29) is 28.3 Å². The monoisotopic (exact) mass is 1150 g/mol. The number of aldehydes is 1. The lowest BCUT2D eigenvalue weighted by Crippen LogP contribution is -2.47. The van der Waals surface area contributed by atoms with Crippen molar-refractivity contribution in [1.29, 1.82) is 0 Å². The van der Waals surface area contributed by atoms with Crippen molar-refractivity contribution in [3.05, 3.63) is 137 Å². The molecule has 5 aromatic rings. The van der Waals surface area contributed by atoms with Gasteiger partial charge >= 0.3 is 11.5 Å². The second kappa shape index (κ2) is 37.0. The molecule has 0 unspecified atom stereocenters. The zero-order chi connectivity index (χ0) is 56.6. The second-order valence-electron chi connectivity index (χ2n) is 19.5. The van der Waals surface area contributed by atoms with E-state index in [1.165, 1.54) is 161 Å². The minimum Gasteiger partial charge on any atom is -0.469 e. The number of anilines is 2. The first-order chi connectivity index (χ1) is 37.8. The van der Waals surface area contributed by atoms with Crippen LogP contribution >= 0.6 is 47.1 Å². The van der Waals surface area contributed by atoms with Crippen LogP contribution in [0.5, 0.6) is 0 Å². The summed E-state index contributed by atoms with van der Waals surface area (Å²) in [6, 6.07) is 40.1. The van der Waals surface area contributed by atoms with Gasteiger partial charge in [0.15, 0.2) is 0 Å². The van der Waals surface area contributed by atoms with E-state index in [0.717, 1.165) is 49.2 Å². The topological polar surface area (TPSA) is 91.1 Å². The molecule has 0 aromatic heterocycles. The number of alkyl halides is 3. The number of hydrogen-bond acceptors (Lipinski definition) is 11. The van der Waals surface area contributed by atoms with Crippen molar-refractivity contribution in [1.82, 2.24) is 14.5 Å². The summed E-state index contributed by atoms with van der Waals surface area (Å²) < 4.78 is 43.9. The Morgan fingerprint density at radius 1 is 0.744 bits per heavy atom. The van der Waals surface area contributed by atoms with Gasteiger partial charge in [0.25, 0.3) is 0 Å². The number of likely N-dealkylation sites (tertiary alicyclic amines) is 2. The Morgan fingerprint density at radius 2 is 1.33 bits per heavy atom. The van der Waals surface area contributed by atoms with Gasteiger partial charge in [-0.3, -0.25) is 14.3 Å². The first-order valence-electron chi connectivity index (χ1n) is 28.2. The maximum absolute atomic E-state index is 12.1. The lowest BCUT2D eigenvalue weighted by molar-refractivity contribution is -0.140. The number of esters is 1. The molecule has 0 atom stereocenters. The molecule has 3 aliphatic heterocycles. The lowest BCUT2D eigenvalue weighted by Gasteiger charge is -2.47. The van der Waals surface area contributed by atoms with E-state index in [4.69, 9.17) is 22.1 Å². The number of thioether (sulfide) groups is 2. The Balaban J connectivity index is 0.000000257. The number of nitrogens with two attached hydrogens (primary N) is 1. The summed E-state index contributed by atoms with van der Waals surface area (Å²) in [7, 11) is 3.17. The Morgan fingerprint density at radius 3 is 1.91 bits per heavy atom. The number of hydrogen-bond donors (Lipinski definition) is 2. The van der Waals surface area contributed by atoms with Gasteiger partial charge in [-0.2, -0.15) is 13.2 Å². The number of methoxy groups -OCH3 is 1. The molecule has 3 fully saturated rings. The van der Waals surface area contributed by atoms with E-state index in [0.29, 0.717) is 22.6 Å². The van der Waals surface area contributed by atoms with Gasteiger partial charge in [-0.05, 0) is 241 Å². The Labute approximate surface area is 484 Å². The number of carbonyl (C=O) groups excluding carboxylic acids is 2. The molecule has 8 rings (SSSR count). The summed E-state index contributed by atoms with van der Waals surface area (Å²) in [5, 5.41) is 0.773. The Bertz CT molecular complexity index is 2410. The van der Waals surface area contributed by atoms with Crippen LogP contribution in [0.2, 0.25) is 5.02 Å². The normalized spacial score (nSPS) is 15.5. The molecule has 3 aliphatic rings. The number of halogens is 4. The van der Waals surface area contributed by atoms with E-state index >= 15 is 0 Å². The van der Waals surface area contributed by atoms with Crippen molar-refractivity contribution in [2.24, 2.45) is 11.3 Å². The highest BCUT2D eigenvalue weighted by Crippen LogP contribution is 2.42. The number of unbranched alkanes of at least 4 members (excludes halogenated alkanes) is 3. The van der Waals surface area contributed by atoms with E-state index in [9.17, 15) is 22.8 Å². The second-order valence-corrected chi connectivity index (χ2v) is 23.3. The fourth-order valence-corrected chi connectivity index (χ4v) is 12.3. The molecule has 1 spiro atoms. The molecular weight excluding hydrogens is 1060 g/mol. The van der Waals surface area contributed by atoms with Crippen LogP contribution in [-0.4, -0.2) is 99.8 Å². The van der Waals surface area contributed by atoms with E-state index < -0.39 is 5.51 Å². The molecule has 8 nitrogen and oxygen atoms in total. The van der Waals surface area contributed by atoms with Crippen molar-refractivity contribution in [3.63, 3.8) is 0 Å². The summed E-state index contributed by atoms with van der Waals surface area (Å²) in [5.41, 5.74) is 7.80. The maximum Gasteiger partial charge on any atom is 0.446 e. The molecule has 0 radical (unpaired) electrons. The minimum atomic E-state index is -4.31. The first kappa shape index (κ1) is 66.4. The average molecular weight is 1150 g/mol. The predicted molar refractivity (Wildman–Crippen MR) is 328 cm³/mol. The van der Waals surface area contributed by atoms with Gasteiger partial charge in [0.2, 0.25) is 0 Å². The summed E-state index contributed by atoms with van der Waals surface area (Å²) in [6.45, 7) is 17.8. The molecule has 3 saturated heterocycles. The number of nitrogens with zero attached hydrogens (tertiary/aromatic N) is 3. The predicted octanol–water partition coefficient (Wildman–Crippen LogP) is 16.9. The molecular formula is C63H87ClF3N5O3S3. The van der Waals surface area contributed by atoms with Crippen LogP contribution in [0.15, 0.2) is 136 Å². The highest BCUT2D eigenvalue weighted by Gasteiger charge is 2.37. The van der Waals surface area contributed by atoms with Gasteiger partial charge in [-0.25, -0.2) is 0 Å². The van der Waals surface area contributed by atoms with Crippen molar-refractivity contribution in [2.45, 2.75) is 131 Å². The third-order valence-electron chi connectivity index (χ3n) is 14.4. The summed E-state index contributed by atoms with van der Waals surface area (Å²) in [6.07, 6.45) is 16.5. The molecule has 0 bridgehead atoms. The van der Waals surface area contributed by atoms with Gasteiger partial charge in [0.1, 0.15) is 6.29 Å². The minimum absolute atomic E-state index is 0.0303.